The number of primary amides is 1. The highest BCUT2D eigenvalue weighted by atomic mass is 35.5. The predicted octanol–water partition coefficient (Wildman–Crippen LogP) is 2.43. The van der Waals surface area contributed by atoms with E-state index in [0.717, 1.165) is 12.0 Å². The maximum atomic E-state index is 10.9. The van der Waals surface area contributed by atoms with E-state index in [1.54, 1.807) is 18.2 Å². The van der Waals surface area contributed by atoms with Crippen LogP contribution >= 0.6 is 11.6 Å². The van der Waals surface area contributed by atoms with Gasteiger partial charge in [-0.3, -0.25) is 4.79 Å². The summed E-state index contributed by atoms with van der Waals surface area (Å²) in [7, 11) is 0. The van der Waals surface area contributed by atoms with E-state index in [4.69, 9.17) is 17.3 Å². The van der Waals surface area contributed by atoms with Crippen LogP contribution in [0.3, 0.4) is 0 Å². The van der Waals surface area contributed by atoms with E-state index in [0.29, 0.717) is 11.4 Å². The number of amides is 1. The van der Waals surface area contributed by atoms with Gasteiger partial charge in [0.1, 0.15) is 0 Å². The lowest BCUT2D eigenvalue weighted by molar-refractivity contribution is 0.100. The Morgan fingerprint density at radius 2 is 2.29 bits per heavy atom. The highest BCUT2D eigenvalue weighted by Crippen LogP contribution is 2.07. The summed E-state index contributed by atoms with van der Waals surface area (Å²) in [4.78, 5) is 10.9. The monoisotopic (exact) mass is 209 g/mol. The molecule has 2 N–H and O–H groups in total. The van der Waals surface area contributed by atoms with Crippen LogP contribution in [0.1, 0.15) is 22.3 Å². The zero-order valence-electron chi connectivity index (χ0n) is 7.74. The fourth-order valence-electron chi connectivity index (χ4n) is 1.08. The minimum atomic E-state index is -0.405. The first-order valence-corrected chi connectivity index (χ1v) is 4.90. The summed E-state index contributed by atoms with van der Waals surface area (Å²) in [6.45, 7) is 0. The van der Waals surface area contributed by atoms with Gasteiger partial charge in [0.25, 0.3) is 0 Å². The van der Waals surface area contributed by atoms with Gasteiger partial charge < -0.3 is 5.73 Å². The van der Waals surface area contributed by atoms with E-state index in [2.05, 4.69) is 0 Å². The van der Waals surface area contributed by atoms with Crippen LogP contribution in [0.2, 0.25) is 0 Å². The number of carbonyl (C=O) groups excluding carboxylic acids is 1. The lowest BCUT2D eigenvalue weighted by Crippen LogP contribution is -2.10. The summed E-state index contributed by atoms with van der Waals surface area (Å²) in [6, 6.07) is 7.17. The summed E-state index contributed by atoms with van der Waals surface area (Å²) in [5.74, 6) is 0.198. The molecule has 3 heteroatoms. The minimum absolute atomic E-state index is 0.405. The summed E-state index contributed by atoms with van der Waals surface area (Å²) in [6.07, 6.45) is 4.71. The van der Waals surface area contributed by atoms with Crippen LogP contribution in [0.15, 0.2) is 30.3 Å². The van der Waals surface area contributed by atoms with Gasteiger partial charge in [-0.05, 0) is 24.1 Å². The number of rotatable bonds is 4. The molecule has 0 atom stereocenters. The van der Waals surface area contributed by atoms with Gasteiger partial charge in [0.15, 0.2) is 0 Å². The molecule has 0 saturated heterocycles. The van der Waals surface area contributed by atoms with Crippen LogP contribution < -0.4 is 5.73 Å². The average molecular weight is 210 g/mol. The molecule has 0 aliphatic heterocycles. The van der Waals surface area contributed by atoms with Crippen molar-refractivity contribution in [2.45, 2.75) is 6.42 Å². The molecule has 0 fully saturated rings. The van der Waals surface area contributed by atoms with Crippen LogP contribution in [-0.2, 0) is 0 Å². The molecule has 0 aromatic heterocycles. The average Bonchev–Trinajstić information content (AvgIpc) is 2.19. The van der Waals surface area contributed by atoms with Crippen LogP contribution in [0.5, 0.6) is 0 Å². The van der Waals surface area contributed by atoms with Crippen molar-refractivity contribution in [3.8, 4) is 0 Å². The highest BCUT2D eigenvalue weighted by Gasteiger charge is 1.98. The third-order valence-corrected chi connectivity index (χ3v) is 1.98. The van der Waals surface area contributed by atoms with Crippen molar-refractivity contribution in [1.82, 2.24) is 0 Å². The zero-order valence-corrected chi connectivity index (χ0v) is 8.50. The molecular formula is C11H12ClNO. The highest BCUT2D eigenvalue weighted by molar-refractivity contribution is 6.17. The quantitative estimate of drug-likeness (QED) is 0.761. The molecule has 0 bridgehead atoms. The van der Waals surface area contributed by atoms with Gasteiger partial charge in [0, 0.05) is 11.4 Å². The standard InChI is InChI=1S/C11H12ClNO/c12-7-2-1-4-9-5-3-6-10(8-9)11(13)14/h1,3-6,8H,2,7H2,(H2,13,14). The molecular weight excluding hydrogens is 198 g/mol. The summed E-state index contributed by atoms with van der Waals surface area (Å²) in [5, 5.41) is 0. The molecule has 0 unspecified atom stereocenters. The number of benzene rings is 1. The lowest BCUT2D eigenvalue weighted by Gasteiger charge is -1.97. The van der Waals surface area contributed by atoms with Gasteiger partial charge >= 0.3 is 0 Å². The van der Waals surface area contributed by atoms with E-state index in [1.807, 2.05) is 18.2 Å². The molecule has 1 aromatic carbocycles. The molecule has 0 radical (unpaired) electrons. The molecule has 1 rings (SSSR count). The largest absolute Gasteiger partial charge is 0.366 e. The molecule has 0 heterocycles. The van der Waals surface area contributed by atoms with Crippen molar-refractivity contribution >= 4 is 23.6 Å². The number of hydrogen-bond acceptors (Lipinski definition) is 1. The Kier molecular flexibility index (Phi) is 4.20. The Balaban J connectivity index is 2.78. The second-order valence-electron chi connectivity index (χ2n) is 2.87. The molecule has 0 saturated carbocycles. The Morgan fingerprint density at radius 3 is 2.93 bits per heavy atom. The fraction of sp³-hybridized carbons (Fsp3) is 0.182. The number of hydrogen-bond donors (Lipinski definition) is 1. The smallest absolute Gasteiger partial charge is 0.248 e. The summed E-state index contributed by atoms with van der Waals surface area (Å²) >= 11 is 5.52. The topological polar surface area (TPSA) is 43.1 Å². The number of alkyl halides is 1. The first-order valence-electron chi connectivity index (χ1n) is 4.36. The molecule has 74 valence electrons. The molecule has 0 spiro atoms. The lowest BCUT2D eigenvalue weighted by atomic mass is 10.1. The van der Waals surface area contributed by atoms with Gasteiger partial charge in [-0.25, -0.2) is 0 Å². The zero-order chi connectivity index (χ0) is 10.4. The molecule has 1 aromatic rings. The SMILES string of the molecule is NC(=O)c1cccc(C=CCCCl)c1. The van der Waals surface area contributed by atoms with Crippen LogP contribution in [0.25, 0.3) is 6.08 Å². The van der Waals surface area contributed by atoms with Gasteiger partial charge in [-0.2, -0.15) is 0 Å². The van der Waals surface area contributed by atoms with Crippen LogP contribution in [0.4, 0.5) is 0 Å². The van der Waals surface area contributed by atoms with Crippen molar-refractivity contribution in [2.75, 3.05) is 5.88 Å². The second-order valence-corrected chi connectivity index (χ2v) is 3.25. The molecule has 0 aliphatic rings. The fourth-order valence-corrected chi connectivity index (χ4v) is 1.20. The van der Waals surface area contributed by atoms with E-state index in [9.17, 15) is 4.79 Å². The van der Waals surface area contributed by atoms with Crippen molar-refractivity contribution in [1.29, 1.82) is 0 Å². The Labute approximate surface area is 88.4 Å². The third kappa shape index (κ3) is 3.23. The predicted molar refractivity (Wildman–Crippen MR) is 59.3 cm³/mol. The molecule has 1 amide bonds. The van der Waals surface area contributed by atoms with E-state index < -0.39 is 5.91 Å². The number of carbonyl (C=O) groups is 1. The van der Waals surface area contributed by atoms with Crippen molar-refractivity contribution in [3.05, 3.63) is 41.5 Å². The first-order chi connectivity index (χ1) is 6.74. The van der Waals surface area contributed by atoms with Crippen molar-refractivity contribution in [3.63, 3.8) is 0 Å². The first kappa shape index (κ1) is 10.8. The second kappa shape index (κ2) is 5.45. The van der Waals surface area contributed by atoms with Gasteiger partial charge in [0.05, 0.1) is 0 Å². The Hall–Kier alpha value is -1.28. The van der Waals surface area contributed by atoms with Gasteiger partial charge in [0.2, 0.25) is 5.91 Å². The molecule has 14 heavy (non-hydrogen) atoms. The molecule has 0 aliphatic carbocycles. The molecule has 2 nitrogen and oxygen atoms in total. The van der Waals surface area contributed by atoms with E-state index >= 15 is 0 Å². The van der Waals surface area contributed by atoms with Crippen molar-refractivity contribution in [2.24, 2.45) is 5.73 Å². The summed E-state index contributed by atoms with van der Waals surface area (Å²) in [5.41, 5.74) is 6.64. The van der Waals surface area contributed by atoms with Gasteiger partial charge in [-0.1, -0.05) is 24.3 Å². The maximum Gasteiger partial charge on any atom is 0.248 e. The number of allylic oxidation sites excluding steroid dienone is 1. The third-order valence-electron chi connectivity index (χ3n) is 1.76. The normalized spacial score (nSPS) is 10.6. The van der Waals surface area contributed by atoms with Crippen LogP contribution in [0, 0.1) is 0 Å². The Morgan fingerprint density at radius 1 is 1.50 bits per heavy atom. The van der Waals surface area contributed by atoms with Gasteiger partial charge in [-0.15, -0.1) is 11.6 Å². The Bertz CT molecular complexity index is 347. The van der Waals surface area contributed by atoms with Crippen molar-refractivity contribution < 1.29 is 4.79 Å². The van der Waals surface area contributed by atoms with Crippen LogP contribution in [-0.4, -0.2) is 11.8 Å². The summed E-state index contributed by atoms with van der Waals surface area (Å²) < 4.78 is 0. The minimum Gasteiger partial charge on any atom is -0.366 e. The maximum absolute atomic E-state index is 10.9. The van der Waals surface area contributed by atoms with E-state index in [1.165, 1.54) is 0 Å². The number of halogens is 1. The number of nitrogens with two attached hydrogens (primary N) is 1. The van der Waals surface area contributed by atoms with E-state index in [-0.39, 0.29) is 0 Å².